The first kappa shape index (κ1) is 17.3. The fourth-order valence-electron chi connectivity index (χ4n) is 2.82. The Hall–Kier alpha value is -0.790. The Kier molecular flexibility index (Phi) is 10.3. The van der Waals surface area contributed by atoms with Gasteiger partial charge in [0.05, 0.1) is 6.20 Å². The van der Waals surface area contributed by atoms with Crippen molar-refractivity contribution >= 4 is 0 Å². The zero-order valence-electron chi connectivity index (χ0n) is 13.6. The van der Waals surface area contributed by atoms with Crippen LogP contribution in [0.3, 0.4) is 0 Å². The number of hydrogen-bond donors (Lipinski definition) is 0. The number of nitrogens with zero attached hydrogens (tertiary/aromatic N) is 1. The maximum Gasteiger partial charge on any atom is 0.197 e. The van der Waals surface area contributed by atoms with E-state index in [1.165, 1.54) is 77.0 Å². The Morgan fingerprint density at radius 3 is 1.85 bits per heavy atom. The summed E-state index contributed by atoms with van der Waals surface area (Å²) in [7, 11) is 0. The number of unbranched alkanes of at least 4 members (excludes halogenated alkanes) is 8. The average molecular weight is 279 g/mol. The lowest BCUT2D eigenvalue weighted by molar-refractivity contribution is 0.392. The summed E-state index contributed by atoms with van der Waals surface area (Å²) in [6.45, 7) is 4.54. The van der Waals surface area contributed by atoms with Gasteiger partial charge >= 0.3 is 0 Å². The van der Waals surface area contributed by atoms with Gasteiger partial charge in [0.25, 0.3) is 0 Å². The molecule has 2 heteroatoms. The van der Waals surface area contributed by atoms with Crippen molar-refractivity contribution in [1.29, 1.82) is 0 Å². The molecule has 1 rings (SSSR count). The Morgan fingerprint density at radius 1 is 0.850 bits per heavy atom. The van der Waals surface area contributed by atoms with Gasteiger partial charge in [-0.25, -0.2) is 4.98 Å². The topological polar surface area (TPSA) is 26.0 Å². The first-order chi connectivity index (χ1) is 9.88. The van der Waals surface area contributed by atoms with Gasteiger partial charge in [0.15, 0.2) is 5.89 Å². The van der Waals surface area contributed by atoms with E-state index in [9.17, 15) is 0 Å². The van der Waals surface area contributed by atoms with Gasteiger partial charge in [0.2, 0.25) is 0 Å². The second-order valence-corrected chi connectivity index (χ2v) is 5.97. The Morgan fingerprint density at radius 2 is 1.40 bits per heavy atom. The molecule has 0 aromatic carbocycles. The first-order valence-corrected chi connectivity index (χ1v) is 8.77. The van der Waals surface area contributed by atoms with E-state index in [-0.39, 0.29) is 0 Å². The van der Waals surface area contributed by atoms with Crippen LogP contribution in [0, 0.1) is 0 Å². The van der Waals surface area contributed by atoms with E-state index in [2.05, 4.69) is 18.8 Å². The molecule has 116 valence electrons. The minimum absolute atomic E-state index is 0.549. The first-order valence-electron chi connectivity index (χ1n) is 8.77. The lowest BCUT2D eigenvalue weighted by Gasteiger charge is -2.13. The molecule has 0 spiro atoms. The van der Waals surface area contributed by atoms with Crippen molar-refractivity contribution in [3.63, 3.8) is 0 Å². The quantitative estimate of drug-likeness (QED) is 0.386. The largest absolute Gasteiger partial charge is 0.449 e. The third-order valence-corrected chi connectivity index (χ3v) is 4.11. The highest BCUT2D eigenvalue weighted by Crippen LogP contribution is 2.27. The maximum absolute atomic E-state index is 5.54. The van der Waals surface area contributed by atoms with Crippen molar-refractivity contribution in [2.45, 2.75) is 96.8 Å². The number of oxazole rings is 1. The summed E-state index contributed by atoms with van der Waals surface area (Å²) in [6.07, 6.45) is 19.5. The molecule has 0 aliphatic rings. The molecule has 0 N–H and O–H groups in total. The van der Waals surface area contributed by atoms with E-state index in [0.29, 0.717) is 5.92 Å². The van der Waals surface area contributed by atoms with Crippen LogP contribution < -0.4 is 0 Å². The summed E-state index contributed by atoms with van der Waals surface area (Å²) in [5.41, 5.74) is 0. The normalized spacial score (nSPS) is 11.3. The van der Waals surface area contributed by atoms with Crippen LogP contribution in [-0.2, 0) is 0 Å². The zero-order chi connectivity index (χ0) is 14.5. The van der Waals surface area contributed by atoms with Gasteiger partial charge in [0, 0.05) is 5.92 Å². The molecule has 1 heterocycles. The van der Waals surface area contributed by atoms with E-state index in [1.807, 2.05) is 0 Å². The van der Waals surface area contributed by atoms with Crippen LogP contribution >= 0.6 is 0 Å². The fraction of sp³-hybridized carbons (Fsp3) is 0.833. The van der Waals surface area contributed by atoms with E-state index >= 15 is 0 Å². The predicted molar refractivity (Wildman–Crippen MR) is 86.0 cm³/mol. The third-order valence-electron chi connectivity index (χ3n) is 4.11. The highest BCUT2D eigenvalue weighted by Gasteiger charge is 2.15. The van der Waals surface area contributed by atoms with Crippen LogP contribution in [0.2, 0.25) is 0 Å². The monoisotopic (exact) mass is 279 g/mol. The molecule has 1 aromatic heterocycles. The Bertz CT molecular complexity index is 280. The van der Waals surface area contributed by atoms with Crippen LogP contribution in [0.1, 0.15) is 103 Å². The lowest BCUT2D eigenvalue weighted by Crippen LogP contribution is -2.00. The van der Waals surface area contributed by atoms with Crippen molar-refractivity contribution < 1.29 is 4.42 Å². The van der Waals surface area contributed by atoms with Gasteiger partial charge in [-0.2, -0.15) is 0 Å². The Balaban J connectivity index is 2.22. The molecule has 0 fully saturated rings. The minimum atomic E-state index is 0.549. The van der Waals surface area contributed by atoms with E-state index in [1.54, 1.807) is 12.5 Å². The van der Waals surface area contributed by atoms with Gasteiger partial charge in [-0.1, -0.05) is 78.1 Å². The molecule has 0 unspecified atom stereocenters. The van der Waals surface area contributed by atoms with Gasteiger partial charge in [-0.3, -0.25) is 0 Å². The Labute approximate surface area is 125 Å². The molecule has 2 nitrogen and oxygen atoms in total. The van der Waals surface area contributed by atoms with Gasteiger partial charge in [0.1, 0.15) is 6.26 Å². The zero-order valence-corrected chi connectivity index (χ0v) is 13.6. The van der Waals surface area contributed by atoms with Crippen LogP contribution in [0.25, 0.3) is 0 Å². The second kappa shape index (κ2) is 12.0. The molecule has 0 bridgehead atoms. The number of hydrogen-bond acceptors (Lipinski definition) is 2. The van der Waals surface area contributed by atoms with Crippen LogP contribution in [-0.4, -0.2) is 4.98 Å². The van der Waals surface area contributed by atoms with Crippen molar-refractivity contribution in [3.8, 4) is 0 Å². The minimum Gasteiger partial charge on any atom is -0.449 e. The molecule has 0 saturated carbocycles. The molecule has 0 atom stereocenters. The number of aromatic nitrogens is 1. The lowest BCUT2D eigenvalue weighted by atomic mass is 9.94. The molecule has 0 radical (unpaired) electrons. The fourth-order valence-corrected chi connectivity index (χ4v) is 2.82. The molecular weight excluding hydrogens is 246 g/mol. The van der Waals surface area contributed by atoms with Crippen LogP contribution in [0.5, 0.6) is 0 Å². The standard InChI is InChI=1S/C18H33NO/c1-3-5-7-9-11-13-17(18-19-15-16-20-18)14-12-10-8-6-4-2/h15-17H,3-14H2,1-2H3. The average Bonchev–Trinajstić information content (AvgIpc) is 2.98. The van der Waals surface area contributed by atoms with Crippen LogP contribution in [0.15, 0.2) is 16.9 Å². The summed E-state index contributed by atoms with van der Waals surface area (Å²) < 4.78 is 5.54. The second-order valence-electron chi connectivity index (χ2n) is 5.97. The third kappa shape index (κ3) is 7.72. The number of rotatable bonds is 13. The maximum atomic E-state index is 5.54. The molecule has 20 heavy (non-hydrogen) atoms. The summed E-state index contributed by atoms with van der Waals surface area (Å²) in [6, 6.07) is 0. The van der Waals surface area contributed by atoms with Gasteiger partial charge in [-0.15, -0.1) is 0 Å². The summed E-state index contributed by atoms with van der Waals surface area (Å²) in [5, 5.41) is 0. The molecule has 0 amide bonds. The van der Waals surface area contributed by atoms with E-state index < -0.39 is 0 Å². The SMILES string of the molecule is CCCCCCCC(CCCCCCC)c1ncco1. The molecule has 0 aliphatic heterocycles. The molecule has 0 saturated heterocycles. The van der Waals surface area contributed by atoms with Gasteiger partial charge in [-0.05, 0) is 12.8 Å². The highest BCUT2D eigenvalue weighted by atomic mass is 16.3. The van der Waals surface area contributed by atoms with Crippen molar-refractivity contribution in [3.05, 3.63) is 18.4 Å². The van der Waals surface area contributed by atoms with E-state index in [0.717, 1.165) is 5.89 Å². The van der Waals surface area contributed by atoms with Crippen molar-refractivity contribution in [2.24, 2.45) is 0 Å². The molecular formula is C18H33NO. The summed E-state index contributed by atoms with van der Waals surface area (Å²) >= 11 is 0. The summed E-state index contributed by atoms with van der Waals surface area (Å²) in [4.78, 5) is 4.38. The van der Waals surface area contributed by atoms with Crippen LogP contribution in [0.4, 0.5) is 0 Å². The predicted octanol–water partition coefficient (Wildman–Crippen LogP) is 6.48. The van der Waals surface area contributed by atoms with Crippen molar-refractivity contribution in [1.82, 2.24) is 4.98 Å². The smallest absolute Gasteiger partial charge is 0.197 e. The summed E-state index contributed by atoms with van der Waals surface area (Å²) in [5.74, 6) is 1.52. The molecule has 0 aliphatic carbocycles. The van der Waals surface area contributed by atoms with Crippen molar-refractivity contribution in [2.75, 3.05) is 0 Å². The van der Waals surface area contributed by atoms with Gasteiger partial charge < -0.3 is 4.42 Å². The molecule has 1 aromatic rings. The highest BCUT2D eigenvalue weighted by molar-refractivity contribution is 4.91. The van der Waals surface area contributed by atoms with E-state index in [4.69, 9.17) is 4.42 Å².